The third-order valence-electron chi connectivity index (χ3n) is 2.79. The van der Waals surface area contributed by atoms with Gasteiger partial charge in [0, 0.05) is 22.7 Å². The van der Waals surface area contributed by atoms with E-state index in [4.69, 9.17) is 4.74 Å². The molecule has 0 unspecified atom stereocenters. The standard InChI is InChI=1S/C13H14FNO2/c1-9(16)12-8-15(6-5-14)13-4-3-10(17-2)7-11(12)13/h3-4,7-8H,5-6H2,1-2H3. The summed E-state index contributed by atoms with van der Waals surface area (Å²) in [4.78, 5) is 11.5. The van der Waals surface area contributed by atoms with Gasteiger partial charge in [-0.15, -0.1) is 0 Å². The van der Waals surface area contributed by atoms with Crippen molar-refractivity contribution >= 4 is 16.7 Å². The number of carbonyl (C=O) groups is 1. The largest absolute Gasteiger partial charge is 0.497 e. The summed E-state index contributed by atoms with van der Waals surface area (Å²) < 4.78 is 19.3. The van der Waals surface area contributed by atoms with E-state index in [1.165, 1.54) is 6.92 Å². The molecule has 2 rings (SSSR count). The number of carbonyl (C=O) groups excluding carboxylic acids is 1. The minimum Gasteiger partial charge on any atom is -0.497 e. The summed E-state index contributed by atoms with van der Waals surface area (Å²) in [6.07, 6.45) is 1.70. The summed E-state index contributed by atoms with van der Waals surface area (Å²) in [7, 11) is 1.58. The molecule has 0 spiro atoms. The smallest absolute Gasteiger partial charge is 0.161 e. The van der Waals surface area contributed by atoms with Gasteiger partial charge < -0.3 is 9.30 Å². The molecule has 2 aromatic rings. The molecule has 4 heteroatoms. The second-order valence-electron chi connectivity index (χ2n) is 3.86. The first-order valence-corrected chi connectivity index (χ1v) is 5.41. The van der Waals surface area contributed by atoms with E-state index in [1.807, 2.05) is 6.07 Å². The number of ketones is 1. The van der Waals surface area contributed by atoms with Crippen molar-refractivity contribution in [1.29, 1.82) is 0 Å². The van der Waals surface area contributed by atoms with Crippen LogP contribution in [0.4, 0.5) is 4.39 Å². The Morgan fingerprint density at radius 1 is 1.47 bits per heavy atom. The van der Waals surface area contributed by atoms with Gasteiger partial charge >= 0.3 is 0 Å². The van der Waals surface area contributed by atoms with Crippen molar-refractivity contribution in [3.63, 3.8) is 0 Å². The van der Waals surface area contributed by atoms with E-state index < -0.39 is 6.67 Å². The maximum absolute atomic E-state index is 12.4. The molecule has 0 saturated carbocycles. The highest BCUT2D eigenvalue weighted by Gasteiger charge is 2.12. The van der Waals surface area contributed by atoms with Gasteiger partial charge in [-0.25, -0.2) is 4.39 Å². The summed E-state index contributed by atoms with van der Waals surface area (Å²) in [5, 5.41) is 0.810. The number of Topliss-reactive ketones (excluding diaryl/α,β-unsaturated/α-hetero) is 1. The van der Waals surface area contributed by atoms with E-state index in [2.05, 4.69) is 0 Å². The maximum atomic E-state index is 12.4. The maximum Gasteiger partial charge on any atom is 0.161 e. The summed E-state index contributed by atoms with van der Waals surface area (Å²) >= 11 is 0. The molecule has 3 nitrogen and oxygen atoms in total. The number of halogens is 1. The van der Waals surface area contributed by atoms with Crippen molar-refractivity contribution in [2.24, 2.45) is 0 Å². The van der Waals surface area contributed by atoms with Crippen molar-refractivity contribution < 1.29 is 13.9 Å². The number of ether oxygens (including phenoxy) is 1. The number of fused-ring (bicyclic) bond motifs is 1. The molecule has 0 bridgehead atoms. The summed E-state index contributed by atoms with van der Waals surface area (Å²) in [5.41, 5.74) is 1.46. The molecule has 0 saturated heterocycles. The van der Waals surface area contributed by atoms with Gasteiger partial charge in [-0.05, 0) is 25.1 Å². The van der Waals surface area contributed by atoms with Crippen LogP contribution in [-0.2, 0) is 6.54 Å². The lowest BCUT2D eigenvalue weighted by atomic mass is 10.1. The zero-order valence-electron chi connectivity index (χ0n) is 9.87. The fraction of sp³-hybridized carbons (Fsp3) is 0.308. The molecule has 1 aromatic heterocycles. The first-order chi connectivity index (χ1) is 8.17. The summed E-state index contributed by atoms with van der Waals surface area (Å²) in [6, 6.07) is 5.46. The molecule has 1 aromatic carbocycles. The average molecular weight is 235 g/mol. The van der Waals surface area contributed by atoms with Crippen molar-refractivity contribution in [2.75, 3.05) is 13.8 Å². The summed E-state index contributed by atoms with van der Waals surface area (Å²) in [6.45, 7) is 1.32. The van der Waals surface area contributed by atoms with Gasteiger partial charge in [-0.2, -0.15) is 0 Å². The van der Waals surface area contributed by atoms with Gasteiger partial charge in [0.15, 0.2) is 5.78 Å². The minimum absolute atomic E-state index is 0.0270. The molecule has 0 aliphatic heterocycles. The van der Waals surface area contributed by atoms with Crippen LogP contribution in [0.15, 0.2) is 24.4 Å². The summed E-state index contributed by atoms with van der Waals surface area (Å²) in [5.74, 6) is 0.666. The number of benzene rings is 1. The SMILES string of the molecule is COc1ccc2c(c1)c(C(C)=O)cn2CCF. The molecule has 0 amide bonds. The number of aryl methyl sites for hydroxylation is 1. The number of methoxy groups -OCH3 is 1. The van der Waals surface area contributed by atoms with Crippen molar-refractivity contribution in [3.05, 3.63) is 30.0 Å². The lowest BCUT2D eigenvalue weighted by molar-refractivity contribution is 0.101. The van der Waals surface area contributed by atoms with E-state index in [-0.39, 0.29) is 12.3 Å². The van der Waals surface area contributed by atoms with Gasteiger partial charge in [0.05, 0.1) is 13.7 Å². The van der Waals surface area contributed by atoms with Crippen molar-refractivity contribution in [3.8, 4) is 5.75 Å². The lowest BCUT2D eigenvalue weighted by Gasteiger charge is -2.03. The second kappa shape index (κ2) is 4.57. The van der Waals surface area contributed by atoms with Crippen molar-refractivity contribution in [1.82, 2.24) is 4.57 Å². The topological polar surface area (TPSA) is 31.2 Å². The average Bonchev–Trinajstić information content (AvgIpc) is 2.68. The second-order valence-corrected chi connectivity index (χ2v) is 3.86. The van der Waals surface area contributed by atoms with E-state index >= 15 is 0 Å². The molecule has 1 heterocycles. The Balaban J connectivity index is 2.67. The van der Waals surface area contributed by atoms with E-state index in [9.17, 15) is 9.18 Å². The third kappa shape index (κ3) is 2.02. The minimum atomic E-state index is -0.451. The number of rotatable bonds is 4. The number of aromatic nitrogens is 1. The predicted molar refractivity (Wildman–Crippen MR) is 64.5 cm³/mol. The van der Waals surface area contributed by atoms with Crippen LogP contribution in [0.25, 0.3) is 10.9 Å². The van der Waals surface area contributed by atoms with Gasteiger partial charge in [0.1, 0.15) is 12.4 Å². The molecule has 0 atom stereocenters. The molecule has 0 aliphatic carbocycles. The Morgan fingerprint density at radius 3 is 2.82 bits per heavy atom. The molecule has 0 fully saturated rings. The molecular formula is C13H14FNO2. The number of hydrogen-bond acceptors (Lipinski definition) is 2. The van der Waals surface area contributed by atoms with Crippen LogP contribution >= 0.6 is 0 Å². The van der Waals surface area contributed by atoms with E-state index in [0.29, 0.717) is 11.3 Å². The van der Waals surface area contributed by atoms with Crippen molar-refractivity contribution in [2.45, 2.75) is 13.5 Å². The number of alkyl halides is 1. The first-order valence-electron chi connectivity index (χ1n) is 5.41. The normalized spacial score (nSPS) is 10.8. The Morgan fingerprint density at radius 2 is 2.24 bits per heavy atom. The Hall–Kier alpha value is -1.84. The van der Waals surface area contributed by atoms with Crippen LogP contribution in [0.1, 0.15) is 17.3 Å². The van der Waals surface area contributed by atoms with E-state index in [1.54, 1.807) is 30.0 Å². The quantitative estimate of drug-likeness (QED) is 0.763. The van der Waals surface area contributed by atoms with Crippen LogP contribution in [0.3, 0.4) is 0 Å². The zero-order chi connectivity index (χ0) is 12.4. The Labute approximate surface area is 98.8 Å². The van der Waals surface area contributed by atoms with Gasteiger partial charge in [-0.1, -0.05) is 0 Å². The highest BCUT2D eigenvalue weighted by atomic mass is 19.1. The monoisotopic (exact) mass is 235 g/mol. The molecular weight excluding hydrogens is 221 g/mol. The Bertz CT molecular complexity index is 560. The predicted octanol–water partition coefficient (Wildman–Crippen LogP) is 2.82. The van der Waals surface area contributed by atoms with Gasteiger partial charge in [0.25, 0.3) is 0 Å². The molecule has 90 valence electrons. The third-order valence-corrected chi connectivity index (χ3v) is 2.79. The van der Waals surface area contributed by atoms with Crippen LogP contribution in [0.5, 0.6) is 5.75 Å². The van der Waals surface area contributed by atoms with Gasteiger partial charge in [0.2, 0.25) is 0 Å². The lowest BCUT2D eigenvalue weighted by Crippen LogP contribution is -1.97. The molecule has 17 heavy (non-hydrogen) atoms. The number of nitrogens with zero attached hydrogens (tertiary/aromatic N) is 1. The highest BCUT2D eigenvalue weighted by molar-refractivity contribution is 6.07. The fourth-order valence-corrected chi connectivity index (χ4v) is 1.96. The van der Waals surface area contributed by atoms with Crippen LogP contribution in [0, 0.1) is 0 Å². The van der Waals surface area contributed by atoms with E-state index in [0.717, 1.165) is 10.9 Å². The highest BCUT2D eigenvalue weighted by Crippen LogP contribution is 2.26. The number of hydrogen-bond donors (Lipinski definition) is 0. The Kier molecular flexibility index (Phi) is 3.13. The molecule has 0 radical (unpaired) electrons. The first kappa shape index (κ1) is 11.6. The van der Waals surface area contributed by atoms with Crippen LogP contribution in [0.2, 0.25) is 0 Å². The molecule has 0 N–H and O–H groups in total. The van der Waals surface area contributed by atoms with Gasteiger partial charge in [-0.3, -0.25) is 4.79 Å². The fourth-order valence-electron chi connectivity index (χ4n) is 1.96. The zero-order valence-corrected chi connectivity index (χ0v) is 9.87. The van der Waals surface area contributed by atoms with Crippen LogP contribution in [-0.4, -0.2) is 24.1 Å². The van der Waals surface area contributed by atoms with Crippen LogP contribution < -0.4 is 4.74 Å². The molecule has 0 aliphatic rings.